The van der Waals surface area contributed by atoms with Gasteiger partial charge in [0.05, 0.1) is 5.48 Å². The molecule has 0 saturated heterocycles. The van der Waals surface area contributed by atoms with Gasteiger partial charge in [0, 0.05) is 72.5 Å². The van der Waals surface area contributed by atoms with Crippen LogP contribution in [0.25, 0.3) is 61.0 Å². The summed E-state index contributed by atoms with van der Waals surface area (Å²) in [5.74, 6) is 1.35. The monoisotopic (exact) mass is 1290 g/mol. The summed E-state index contributed by atoms with van der Waals surface area (Å²) < 4.78 is 45.2. The van der Waals surface area contributed by atoms with E-state index in [1.165, 1.54) is 38.9 Å². The van der Waals surface area contributed by atoms with Crippen molar-refractivity contribution < 1.29 is 31.3 Å². The smallest absolute Gasteiger partial charge is 0.135 e. The van der Waals surface area contributed by atoms with Gasteiger partial charge in [-0.3, -0.25) is 0 Å². The largest absolute Gasteiger partial charge is 0.509 e. The number of aromatic nitrogens is 2. The minimum Gasteiger partial charge on any atom is -0.509 e. The summed E-state index contributed by atoms with van der Waals surface area (Å²) in [5, 5.41) is 0.995. The van der Waals surface area contributed by atoms with Crippen molar-refractivity contribution in [2.45, 2.75) is 157 Å². The van der Waals surface area contributed by atoms with Gasteiger partial charge in [0.2, 0.25) is 0 Å². The zero-order chi connectivity index (χ0) is 62.8. The average molecular weight is 1290 g/mol. The number of hydrogen-bond acceptors (Lipinski definition) is 4. The van der Waals surface area contributed by atoms with E-state index in [9.17, 15) is 2.74 Å². The Balaban J connectivity index is 0.00000855. The van der Waals surface area contributed by atoms with E-state index in [1.807, 2.05) is 28.8 Å². The number of fused-ring (bicyclic) bond motifs is 4. The molecule has 0 fully saturated rings. The molecule has 0 spiro atoms. The summed E-state index contributed by atoms with van der Waals surface area (Å²) in [6.45, 7) is 43.7. The third-order valence-electron chi connectivity index (χ3n) is 16.1. The van der Waals surface area contributed by atoms with Crippen molar-refractivity contribution in [3.05, 3.63) is 222 Å². The predicted molar refractivity (Wildman–Crippen MR) is 353 cm³/mol. The Bertz CT molecular complexity index is 4220. The second kappa shape index (κ2) is 21.7. The molecule has 6 heteroatoms. The van der Waals surface area contributed by atoms with Crippen molar-refractivity contribution in [3.8, 4) is 50.7 Å². The topological polar surface area (TPSA) is 33.5 Å². The minimum atomic E-state index is -0.318. The van der Waals surface area contributed by atoms with E-state index >= 15 is 0 Å². The average Bonchev–Trinajstić information content (AvgIpc) is 1.24. The Morgan fingerprint density at radius 2 is 1.00 bits per heavy atom. The van der Waals surface area contributed by atoms with E-state index in [0.29, 0.717) is 39.1 Å². The summed E-state index contributed by atoms with van der Waals surface area (Å²) in [4.78, 5) is 9.58. The standard InChI is InChI=1S/C78H83N4O.Pt/c1-73(2,3)53-42-43-79-65(46-53)82-61-37-26-25-34-57(61)58-41-40-55(48-64(58)82)83-56-45-52(66-59(74(4,5)6)35-29-36-60(66)75(7,8)9)44-54(47-56)80-49-81(63-39-28-27-38-62(63)80)72-67(50-30-21-19-22-31-50)69(76(10,11)12)71(78(16,17)18)70(77(13,14)15)68(72)51-32-23-20-24-33-51;/h19-46,49H,1-18H3;/q-3;/i25D,26D,34D,37D;. The maximum absolute atomic E-state index is 9.33. The molecule has 0 saturated carbocycles. The van der Waals surface area contributed by atoms with E-state index in [-0.39, 0.29) is 77.7 Å². The molecule has 434 valence electrons. The first kappa shape index (κ1) is 54.7. The van der Waals surface area contributed by atoms with Gasteiger partial charge >= 0.3 is 0 Å². The maximum Gasteiger partial charge on any atom is 0.135 e. The second-order valence-electron chi connectivity index (χ2n) is 28.8. The Morgan fingerprint density at radius 3 is 1.54 bits per heavy atom. The first-order chi connectivity index (χ1) is 40.7. The van der Waals surface area contributed by atoms with E-state index in [4.69, 9.17) is 12.5 Å². The predicted octanol–water partition coefficient (Wildman–Crippen LogP) is 21.8. The van der Waals surface area contributed by atoms with Crippen molar-refractivity contribution in [1.82, 2.24) is 9.55 Å². The third kappa shape index (κ3) is 11.1. The van der Waals surface area contributed by atoms with Gasteiger partial charge < -0.3 is 19.1 Å². The van der Waals surface area contributed by atoms with Crippen LogP contribution in [-0.2, 0) is 53.6 Å². The molecular formula is C78H83N4OPt-3. The van der Waals surface area contributed by atoms with Crippen molar-refractivity contribution in [2.75, 3.05) is 9.80 Å². The van der Waals surface area contributed by atoms with Crippen molar-refractivity contribution >= 4 is 44.6 Å². The molecule has 8 aromatic carbocycles. The van der Waals surface area contributed by atoms with Crippen molar-refractivity contribution in [3.63, 3.8) is 0 Å². The van der Waals surface area contributed by atoms with Crippen LogP contribution < -0.4 is 14.5 Å². The van der Waals surface area contributed by atoms with Gasteiger partial charge in [-0.1, -0.05) is 239 Å². The molecule has 2 aromatic heterocycles. The molecule has 0 aliphatic carbocycles. The third-order valence-corrected chi connectivity index (χ3v) is 16.1. The Kier molecular flexibility index (Phi) is 14.1. The SMILES string of the molecule is [2H]c1c([2H])c([2H])c2c(c1[2H])c1ccc(Oc3[c-]c(N4[CH-]N(c5c(-c6ccccc6)c(C(C)(C)C)c(C(C)(C)C)c(C(C)(C)C)c5-c5ccccc5)c5ccccc54)cc(-c4c(C(C)(C)C)cccc4C(C)(C)C)c3)[c-]c1n2-c1cc(C(C)(C)C)ccn1.[Pt]. The number of anilines is 4. The molecule has 0 bridgehead atoms. The van der Waals surface area contributed by atoms with Gasteiger partial charge in [-0.05, 0) is 118 Å². The second-order valence-corrected chi connectivity index (χ2v) is 28.8. The normalized spacial score (nSPS) is 14.1. The molecular weight excluding hydrogens is 1200 g/mol. The van der Waals surface area contributed by atoms with Crippen LogP contribution in [0.2, 0.25) is 0 Å². The summed E-state index contributed by atoms with van der Waals surface area (Å²) in [7, 11) is 0. The molecule has 0 N–H and O–H groups in total. The molecule has 0 atom stereocenters. The van der Waals surface area contributed by atoms with Crippen LogP contribution in [0.4, 0.5) is 22.7 Å². The number of pyridine rings is 1. The number of rotatable bonds is 8. The fourth-order valence-corrected chi connectivity index (χ4v) is 12.5. The fraction of sp³-hybridized carbons (Fsp3) is 0.308. The molecule has 10 aromatic rings. The van der Waals surface area contributed by atoms with Crippen LogP contribution in [0.1, 0.15) is 163 Å². The molecule has 0 unspecified atom stereocenters. The van der Waals surface area contributed by atoms with Crippen LogP contribution in [-0.4, -0.2) is 9.55 Å². The van der Waals surface area contributed by atoms with Crippen molar-refractivity contribution in [1.29, 1.82) is 0 Å². The molecule has 1 aliphatic rings. The van der Waals surface area contributed by atoms with Crippen LogP contribution in [0.3, 0.4) is 0 Å². The van der Waals surface area contributed by atoms with Gasteiger partial charge in [0.1, 0.15) is 5.82 Å². The Morgan fingerprint density at radius 1 is 0.464 bits per heavy atom. The zero-order valence-corrected chi connectivity index (χ0v) is 54.7. The van der Waals surface area contributed by atoms with E-state index in [0.717, 1.165) is 50.6 Å². The van der Waals surface area contributed by atoms with E-state index in [2.05, 4.69) is 268 Å². The quantitative estimate of drug-likeness (QED) is 0.142. The van der Waals surface area contributed by atoms with Gasteiger partial charge in [-0.15, -0.1) is 53.6 Å². The molecule has 0 radical (unpaired) electrons. The molecule has 3 heterocycles. The van der Waals surface area contributed by atoms with Gasteiger partial charge in [0.15, 0.2) is 0 Å². The number of nitrogens with zero attached hydrogens (tertiary/aromatic N) is 4. The number of benzene rings is 8. The number of ether oxygens (including phenoxy) is 1. The first-order valence-corrected chi connectivity index (χ1v) is 29.4. The molecule has 5 nitrogen and oxygen atoms in total. The van der Waals surface area contributed by atoms with Gasteiger partial charge in [-0.25, -0.2) is 4.98 Å². The molecule has 0 amide bonds. The fourth-order valence-electron chi connectivity index (χ4n) is 12.5. The molecule has 11 rings (SSSR count). The van der Waals surface area contributed by atoms with Gasteiger partial charge in [-0.2, -0.15) is 6.07 Å². The zero-order valence-electron chi connectivity index (χ0n) is 56.4. The first-order valence-electron chi connectivity index (χ1n) is 31.4. The Hall–Kier alpha value is -7.20. The van der Waals surface area contributed by atoms with E-state index < -0.39 is 0 Å². The minimum absolute atomic E-state index is 0. The van der Waals surface area contributed by atoms with Crippen LogP contribution >= 0.6 is 0 Å². The summed E-state index contributed by atoms with van der Waals surface area (Å²) in [6, 6.07) is 56.0. The number of para-hydroxylation sites is 3. The Labute approximate surface area is 522 Å². The summed E-state index contributed by atoms with van der Waals surface area (Å²) in [6.07, 6.45) is 1.76. The van der Waals surface area contributed by atoms with Crippen LogP contribution in [0, 0.1) is 18.8 Å². The van der Waals surface area contributed by atoms with E-state index in [1.54, 1.807) is 6.20 Å². The molecule has 84 heavy (non-hydrogen) atoms. The van der Waals surface area contributed by atoms with Crippen LogP contribution in [0.5, 0.6) is 11.5 Å². The molecule has 1 aliphatic heterocycles. The van der Waals surface area contributed by atoms with Crippen LogP contribution in [0.15, 0.2) is 170 Å². The number of hydrogen-bond donors (Lipinski definition) is 0. The van der Waals surface area contributed by atoms with Gasteiger partial charge in [0.25, 0.3) is 0 Å². The maximum atomic E-state index is 9.33. The summed E-state index contributed by atoms with van der Waals surface area (Å²) >= 11 is 0. The van der Waals surface area contributed by atoms with Crippen molar-refractivity contribution in [2.24, 2.45) is 0 Å². The summed E-state index contributed by atoms with van der Waals surface area (Å²) in [5.41, 5.74) is 17.4.